The van der Waals surface area contributed by atoms with Crippen molar-refractivity contribution in [1.29, 1.82) is 0 Å². The van der Waals surface area contributed by atoms with Crippen LogP contribution in [-0.4, -0.2) is 56.0 Å². The van der Waals surface area contributed by atoms with Gasteiger partial charge in [-0.2, -0.15) is 0 Å². The van der Waals surface area contributed by atoms with Gasteiger partial charge >= 0.3 is 0 Å². The summed E-state index contributed by atoms with van der Waals surface area (Å²) in [6.45, 7) is 15.0. The Kier molecular flexibility index (Phi) is 4.92. The molecule has 6 rings (SSSR count). The highest BCUT2D eigenvalue weighted by atomic mass is 16.5. The number of ether oxygens (including phenoxy) is 1. The van der Waals surface area contributed by atoms with Gasteiger partial charge in [-0.25, -0.2) is 0 Å². The summed E-state index contributed by atoms with van der Waals surface area (Å²) in [6.07, 6.45) is 7.18. The minimum Gasteiger partial charge on any atom is -0.393 e. The van der Waals surface area contributed by atoms with E-state index in [9.17, 15) is 20.4 Å². The number of aliphatic hydroxyl groups is 4. The van der Waals surface area contributed by atoms with Crippen LogP contribution in [0.5, 0.6) is 0 Å². The van der Waals surface area contributed by atoms with Crippen LogP contribution in [0.15, 0.2) is 0 Å². The number of hydrogen-bond acceptors (Lipinski definition) is 5. The van der Waals surface area contributed by atoms with Gasteiger partial charge in [0.05, 0.1) is 35.6 Å². The van der Waals surface area contributed by atoms with Crippen LogP contribution in [0.2, 0.25) is 0 Å². The maximum atomic E-state index is 11.7. The summed E-state index contributed by atoms with van der Waals surface area (Å²) < 4.78 is 6.66. The SMILES string of the molecule is CC(C)(O)[C@H]1CC[C@@](C)([C@@H]2[C@H](O)C[C@@]3(C)[C@@H]4C[C@H](O)[C@H]5C(C)(C)[C@H](O)CC[C@@]56C[C@@]46CC[C@]23C)O1. The highest BCUT2D eigenvalue weighted by molar-refractivity contribution is 5.33. The maximum absolute atomic E-state index is 11.7. The van der Waals surface area contributed by atoms with Crippen LogP contribution in [0.3, 0.4) is 0 Å². The molecule has 5 saturated carbocycles. The van der Waals surface area contributed by atoms with Crippen LogP contribution in [0.1, 0.15) is 106 Å². The van der Waals surface area contributed by atoms with Gasteiger partial charge in [0.25, 0.3) is 0 Å². The van der Waals surface area contributed by atoms with E-state index in [1.165, 1.54) is 6.42 Å². The summed E-state index contributed by atoms with van der Waals surface area (Å²) in [6, 6.07) is 0. The molecule has 0 unspecified atom stereocenters. The molecule has 1 saturated heterocycles. The first-order chi connectivity index (χ1) is 16.0. The molecule has 0 aromatic rings. The zero-order valence-electron chi connectivity index (χ0n) is 23.1. The molecule has 0 radical (unpaired) electrons. The highest BCUT2D eigenvalue weighted by Crippen LogP contribution is 2.89. The van der Waals surface area contributed by atoms with Gasteiger partial charge in [-0.3, -0.25) is 0 Å². The summed E-state index contributed by atoms with van der Waals surface area (Å²) in [7, 11) is 0. The summed E-state index contributed by atoms with van der Waals surface area (Å²) in [4.78, 5) is 0. The fourth-order valence-corrected chi connectivity index (χ4v) is 12.1. The first kappa shape index (κ1) is 25.1. The van der Waals surface area contributed by atoms with E-state index in [2.05, 4.69) is 34.6 Å². The minimum atomic E-state index is -0.886. The Balaban J connectivity index is 1.37. The summed E-state index contributed by atoms with van der Waals surface area (Å²) >= 11 is 0. The van der Waals surface area contributed by atoms with E-state index in [0.29, 0.717) is 5.92 Å². The largest absolute Gasteiger partial charge is 0.393 e. The number of aliphatic hydroxyl groups excluding tert-OH is 3. The van der Waals surface area contributed by atoms with Crippen LogP contribution in [0, 0.1) is 44.8 Å². The predicted molar refractivity (Wildman–Crippen MR) is 134 cm³/mol. The molecule has 6 fully saturated rings. The fraction of sp³-hybridized carbons (Fsp3) is 1.00. The van der Waals surface area contributed by atoms with E-state index in [0.717, 1.165) is 51.4 Å². The predicted octanol–water partition coefficient (Wildman–Crippen LogP) is 4.44. The lowest BCUT2D eigenvalue weighted by molar-refractivity contribution is -0.213. The van der Waals surface area contributed by atoms with Crippen molar-refractivity contribution in [2.75, 3.05) is 0 Å². The molecule has 0 aromatic heterocycles. The normalized spacial score (nSPS) is 60.9. The molecular formula is C30H50O5. The third-order valence-electron chi connectivity index (χ3n) is 13.8. The molecular weight excluding hydrogens is 440 g/mol. The van der Waals surface area contributed by atoms with Crippen molar-refractivity contribution < 1.29 is 25.2 Å². The number of fused-ring (bicyclic) bond motifs is 2. The third kappa shape index (κ3) is 2.78. The molecule has 2 spiro atoms. The van der Waals surface area contributed by atoms with E-state index in [1.54, 1.807) is 0 Å². The second-order valence-corrected chi connectivity index (χ2v) is 15.9. The Bertz CT molecular complexity index is 911. The van der Waals surface area contributed by atoms with Gasteiger partial charge in [0.15, 0.2) is 0 Å². The molecule has 35 heavy (non-hydrogen) atoms. The lowest BCUT2D eigenvalue weighted by atomic mass is 9.41. The van der Waals surface area contributed by atoms with Crippen molar-refractivity contribution in [1.82, 2.24) is 0 Å². The van der Waals surface area contributed by atoms with Crippen LogP contribution in [0.25, 0.3) is 0 Å². The lowest BCUT2D eigenvalue weighted by Crippen LogP contribution is -2.62. The second kappa shape index (κ2) is 6.86. The molecule has 5 aliphatic carbocycles. The average molecular weight is 491 g/mol. The van der Waals surface area contributed by atoms with Crippen LogP contribution >= 0.6 is 0 Å². The minimum absolute atomic E-state index is 0.0267. The Morgan fingerprint density at radius 1 is 0.771 bits per heavy atom. The molecule has 12 atom stereocenters. The molecule has 1 aliphatic heterocycles. The Labute approximate surface area is 212 Å². The fourth-order valence-electron chi connectivity index (χ4n) is 12.1. The smallest absolute Gasteiger partial charge is 0.0865 e. The molecule has 1 heterocycles. The quantitative estimate of drug-likeness (QED) is 0.460. The van der Waals surface area contributed by atoms with E-state index in [4.69, 9.17) is 4.74 Å². The maximum Gasteiger partial charge on any atom is 0.0865 e. The Morgan fingerprint density at radius 3 is 2.09 bits per heavy atom. The Hall–Kier alpha value is -0.200. The monoisotopic (exact) mass is 490 g/mol. The molecule has 5 nitrogen and oxygen atoms in total. The van der Waals surface area contributed by atoms with Crippen LogP contribution in [0.4, 0.5) is 0 Å². The molecule has 0 bridgehead atoms. The molecule has 0 amide bonds. The third-order valence-corrected chi connectivity index (χ3v) is 13.8. The van der Waals surface area contributed by atoms with E-state index in [-0.39, 0.29) is 51.1 Å². The van der Waals surface area contributed by atoms with Gasteiger partial charge in [-0.1, -0.05) is 27.7 Å². The van der Waals surface area contributed by atoms with Crippen LogP contribution < -0.4 is 0 Å². The van der Waals surface area contributed by atoms with E-state index >= 15 is 0 Å². The standard InChI is InChI=1S/C30H50O5/c1-24(2)20(33)8-11-30-16-29(30)13-12-26(5)23(28(7)10-9-21(35-28)25(3,4)34)18(32)15-27(26,6)19(29)14-17(31)22(24)30/h17-23,31-34H,8-16H2,1-7H3/t17-,18+,19-,20+,21+,22-,23+,26+,27-,28-,29-,30+/m0/s1. The molecule has 5 heteroatoms. The lowest BCUT2D eigenvalue weighted by Gasteiger charge is -2.64. The molecule has 4 N–H and O–H groups in total. The van der Waals surface area contributed by atoms with E-state index in [1.807, 2.05) is 13.8 Å². The summed E-state index contributed by atoms with van der Waals surface area (Å²) in [5, 5.41) is 45.0. The molecule has 6 aliphatic rings. The van der Waals surface area contributed by atoms with Gasteiger partial charge in [0.2, 0.25) is 0 Å². The summed E-state index contributed by atoms with van der Waals surface area (Å²) in [5.41, 5.74) is -1.35. The summed E-state index contributed by atoms with van der Waals surface area (Å²) in [5.74, 6) is 0.577. The van der Waals surface area contributed by atoms with Crippen molar-refractivity contribution >= 4 is 0 Å². The Morgan fingerprint density at radius 2 is 1.46 bits per heavy atom. The van der Waals surface area contributed by atoms with Gasteiger partial charge in [0, 0.05) is 5.92 Å². The van der Waals surface area contributed by atoms with Crippen molar-refractivity contribution in [3.63, 3.8) is 0 Å². The van der Waals surface area contributed by atoms with Gasteiger partial charge in [-0.15, -0.1) is 0 Å². The second-order valence-electron chi connectivity index (χ2n) is 15.9. The van der Waals surface area contributed by atoms with Crippen molar-refractivity contribution in [3.8, 4) is 0 Å². The van der Waals surface area contributed by atoms with Gasteiger partial charge < -0.3 is 25.2 Å². The average Bonchev–Trinajstić information content (AvgIpc) is 3.08. The zero-order chi connectivity index (χ0) is 25.6. The van der Waals surface area contributed by atoms with E-state index < -0.39 is 23.4 Å². The van der Waals surface area contributed by atoms with Crippen molar-refractivity contribution in [3.05, 3.63) is 0 Å². The zero-order valence-corrected chi connectivity index (χ0v) is 23.1. The highest BCUT2D eigenvalue weighted by Gasteiger charge is 2.84. The van der Waals surface area contributed by atoms with Gasteiger partial charge in [-0.05, 0) is 117 Å². The molecule has 0 aromatic carbocycles. The van der Waals surface area contributed by atoms with Crippen molar-refractivity contribution in [2.45, 2.75) is 142 Å². The van der Waals surface area contributed by atoms with Crippen LogP contribution in [-0.2, 0) is 4.74 Å². The first-order valence-electron chi connectivity index (χ1n) is 14.4. The topological polar surface area (TPSA) is 90.2 Å². The van der Waals surface area contributed by atoms with Crippen molar-refractivity contribution in [2.24, 2.45) is 44.8 Å². The first-order valence-corrected chi connectivity index (χ1v) is 14.4. The number of hydrogen-bond donors (Lipinski definition) is 4. The molecule has 200 valence electrons. The van der Waals surface area contributed by atoms with Gasteiger partial charge in [0.1, 0.15) is 0 Å². The number of rotatable bonds is 2.